The molecule has 5 heteroatoms. The number of nitrogens with zero attached hydrogens (tertiary/aromatic N) is 2. The summed E-state index contributed by atoms with van der Waals surface area (Å²) in [6.45, 7) is 6.66. The van der Waals surface area contributed by atoms with Crippen molar-refractivity contribution in [1.29, 1.82) is 0 Å². The highest BCUT2D eigenvalue weighted by Gasteiger charge is 2.40. The molecule has 0 spiro atoms. The molecule has 2 aromatic rings. The molecule has 0 saturated carbocycles. The molecule has 4 heterocycles. The molecule has 3 aliphatic heterocycles. The van der Waals surface area contributed by atoms with E-state index < -0.39 is 0 Å². The van der Waals surface area contributed by atoms with Crippen molar-refractivity contribution >= 4 is 17.2 Å². The van der Waals surface area contributed by atoms with E-state index in [0.29, 0.717) is 16.8 Å². The average Bonchev–Trinajstić information content (AvgIpc) is 3.09. The number of carbonyl (C=O) groups excluding carboxylic acids is 1. The monoisotopic (exact) mass is 341 g/mol. The summed E-state index contributed by atoms with van der Waals surface area (Å²) in [7, 11) is 0. The molecule has 1 N–H and O–H groups in total. The first kappa shape index (κ1) is 15.8. The van der Waals surface area contributed by atoms with Gasteiger partial charge in [0.25, 0.3) is 5.91 Å². The molecule has 2 atom stereocenters. The van der Waals surface area contributed by atoms with E-state index in [0.717, 1.165) is 10.6 Å². The zero-order chi connectivity index (χ0) is 16.7. The van der Waals surface area contributed by atoms with Crippen LogP contribution in [0.15, 0.2) is 30.5 Å². The zero-order valence-corrected chi connectivity index (χ0v) is 15.0. The first-order chi connectivity index (χ1) is 11.6. The second-order valence-electron chi connectivity index (χ2n) is 7.01. The zero-order valence-electron chi connectivity index (χ0n) is 14.2. The third kappa shape index (κ3) is 2.87. The fourth-order valence-electron chi connectivity index (χ4n) is 3.98. The standard InChI is InChI=1S/C19H23N3OS/c1-12-3-5-15(6-4-12)19-20-11-16(24-19)18(23)21-17-13(2)22-9-7-14(17)8-10-22/h3-6,11,13-14,17H,7-10H2,1-2H3,(H,21,23)/t13-,17-/m0/s1. The molecule has 1 aromatic heterocycles. The maximum Gasteiger partial charge on any atom is 0.263 e. The Morgan fingerprint density at radius 2 is 1.96 bits per heavy atom. The summed E-state index contributed by atoms with van der Waals surface area (Å²) in [6, 6.07) is 8.98. The highest BCUT2D eigenvalue weighted by Crippen LogP contribution is 2.32. The Labute approximate surface area is 146 Å². The van der Waals surface area contributed by atoms with E-state index in [1.54, 1.807) is 6.20 Å². The lowest BCUT2D eigenvalue weighted by atomic mass is 9.79. The molecule has 5 rings (SSSR count). The van der Waals surface area contributed by atoms with Gasteiger partial charge >= 0.3 is 0 Å². The fraction of sp³-hybridized carbons (Fsp3) is 0.474. The summed E-state index contributed by atoms with van der Waals surface area (Å²) in [5, 5.41) is 4.18. The van der Waals surface area contributed by atoms with E-state index in [2.05, 4.69) is 53.3 Å². The minimum Gasteiger partial charge on any atom is -0.347 e. The maximum absolute atomic E-state index is 12.7. The van der Waals surface area contributed by atoms with Crippen molar-refractivity contribution < 1.29 is 4.79 Å². The van der Waals surface area contributed by atoms with Crippen LogP contribution >= 0.6 is 11.3 Å². The quantitative estimate of drug-likeness (QED) is 0.931. The summed E-state index contributed by atoms with van der Waals surface area (Å²) in [4.78, 5) is 20.3. The number of hydrogen-bond acceptors (Lipinski definition) is 4. The number of hydrogen-bond donors (Lipinski definition) is 1. The topological polar surface area (TPSA) is 45.2 Å². The molecular weight excluding hydrogens is 318 g/mol. The van der Waals surface area contributed by atoms with Crippen LogP contribution in [-0.2, 0) is 0 Å². The molecule has 24 heavy (non-hydrogen) atoms. The first-order valence-corrected chi connectivity index (χ1v) is 9.51. The van der Waals surface area contributed by atoms with Gasteiger partial charge in [0.05, 0.1) is 6.20 Å². The Bertz CT molecular complexity index is 729. The van der Waals surface area contributed by atoms with Gasteiger partial charge in [0.1, 0.15) is 9.88 Å². The van der Waals surface area contributed by atoms with Gasteiger partial charge in [0.2, 0.25) is 0 Å². The van der Waals surface area contributed by atoms with Gasteiger partial charge in [0.15, 0.2) is 0 Å². The van der Waals surface area contributed by atoms with Gasteiger partial charge in [0, 0.05) is 17.6 Å². The molecular formula is C19H23N3OS. The molecule has 3 aliphatic rings. The van der Waals surface area contributed by atoms with E-state index >= 15 is 0 Å². The van der Waals surface area contributed by atoms with Crippen LogP contribution in [0.5, 0.6) is 0 Å². The van der Waals surface area contributed by atoms with Crippen molar-refractivity contribution in [3.8, 4) is 10.6 Å². The van der Waals surface area contributed by atoms with Gasteiger partial charge in [-0.15, -0.1) is 11.3 Å². The predicted octanol–water partition coefficient (Wildman–Crippen LogP) is 3.33. The molecule has 0 radical (unpaired) electrons. The van der Waals surface area contributed by atoms with Crippen LogP contribution in [0.1, 0.15) is 35.0 Å². The fourth-order valence-corrected chi connectivity index (χ4v) is 4.80. The van der Waals surface area contributed by atoms with Gasteiger partial charge in [-0.2, -0.15) is 0 Å². The smallest absolute Gasteiger partial charge is 0.263 e. The largest absolute Gasteiger partial charge is 0.347 e. The number of carbonyl (C=O) groups is 1. The van der Waals surface area contributed by atoms with Crippen molar-refractivity contribution in [2.45, 2.75) is 38.8 Å². The molecule has 1 aromatic carbocycles. The SMILES string of the molecule is Cc1ccc(-c2ncc(C(=O)N[C@@H]3C4CCN(CC4)[C@H]3C)s2)cc1. The van der Waals surface area contributed by atoms with Gasteiger partial charge in [-0.05, 0) is 45.7 Å². The second kappa shape index (κ2) is 6.30. The highest BCUT2D eigenvalue weighted by molar-refractivity contribution is 7.16. The number of thiazole rings is 1. The van der Waals surface area contributed by atoms with Gasteiger partial charge in [-0.3, -0.25) is 9.69 Å². The minimum absolute atomic E-state index is 0.0245. The van der Waals surface area contributed by atoms with E-state index in [-0.39, 0.29) is 11.9 Å². The molecule has 0 aliphatic carbocycles. The van der Waals surface area contributed by atoms with E-state index in [1.165, 1.54) is 42.8 Å². The van der Waals surface area contributed by atoms with Crippen LogP contribution in [0.25, 0.3) is 10.6 Å². The number of piperidine rings is 3. The normalized spacial score (nSPS) is 28.8. The summed E-state index contributed by atoms with van der Waals surface area (Å²) >= 11 is 1.47. The number of fused-ring (bicyclic) bond motifs is 3. The maximum atomic E-state index is 12.7. The van der Waals surface area contributed by atoms with Gasteiger partial charge in [-0.1, -0.05) is 29.8 Å². The summed E-state index contributed by atoms with van der Waals surface area (Å²) in [5.74, 6) is 0.648. The van der Waals surface area contributed by atoms with Crippen LogP contribution in [0.4, 0.5) is 0 Å². The lowest BCUT2D eigenvalue weighted by Gasteiger charge is -2.49. The molecule has 1 amide bonds. The molecule has 126 valence electrons. The Morgan fingerprint density at radius 3 is 2.62 bits per heavy atom. The average molecular weight is 341 g/mol. The Hall–Kier alpha value is -1.72. The van der Waals surface area contributed by atoms with Crippen LogP contribution in [0.3, 0.4) is 0 Å². The molecule has 2 bridgehead atoms. The Kier molecular flexibility index (Phi) is 4.14. The lowest BCUT2D eigenvalue weighted by Crippen LogP contribution is -2.62. The Morgan fingerprint density at radius 1 is 1.25 bits per heavy atom. The van der Waals surface area contributed by atoms with Crippen LogP contribution in [-0.4, -0.2) is 41.0 Å². The van der Waals surface area contributed by atoms with Crippen molar-refractivity contribution in [2.24, 2.45) is 5.92 Å². The van der Waals surface area contributed by atoms with E-state index in [4.69, 9.17) is 0 Å². The lowest BCUT2D eigenvalue weighted by molar-refractivity contribution is 0.0218. The number of aryl methyl sites for hydroxylation is 1. The number of rotatable bonds is 3. The summed E-state index contributed by atoms with van der Waals surface area (Å²) in [5.41, 5.74) is 2.30. The van der Waals surface area contributed by atoms with Crippen molar-refractivity contribution in [3.63, 3.8) is 0 Å². The van der Waals surface area contributed by atoms with Crippen molar-refractivity contribution in [3.05, 3.63) is 40.9 Å². The number of aromatic nitrogens is 1. The van der Waals surface area contributed by atoms with E-state index in [1.807, 2.05) is 0 Å². The Balaban J connectivity index is 1.48. The third-order valence-corrected chi connectivity index (χ3v) is 6.55. The van der Waals surface area contributed by atoms with Gasteiger partial charge in [-0.25, -0.2) is 4.98 Å². The van der Waals surface area contributed by atoms with Gasteiger partial charge < -0.3 is 5.32 Å². The number of nitrogens with one attached hydrogen (secondary N) is 1. The summed E-state index contributed by atoms with van der Waals surface area (Å²) < 4.78 is 0. The predicted molar refractivity (Wildman–Crippen MR) is 97.3 cm³/mol. The van der Waals surface area contributed by atoms with Crippen LogP contribution in [0, 0.1) is 12.8 Å². The summed E-state index contributed by atoms with van der Waals surface area (Å²) in [6.07, 6.45) is 4.11. The van der Waals surface area contributed by atoms with Crippen LogP contribution in [0.2, 0.25) is 0 Å². The number of benzene rings is 1. The number of amides is 1. The highest BCUT2D eigenvalue weighted by atomic mass is 32.1. The molecule has 3 fully saturated rings. The molecule has 3 saturated heterocycles. The first-order valence-electron chi connectivity index (χ1n) is 8.69. The van der Waals surface area contributed by atoms with E-state index in [9.17, 15) is 4.79 Å². The molecule has 4 nitrogen and oxygen atoms in total. The minimum atomic E-state index is 0.0245. The third-order valence-electron chi connectivity index (χ3n) is 5.50. The second-order valence-corrected chi connectivity index (χ2v) is 8.04. The van der Waals surface area contributed by atoms with Crippen LogP contribution < -0.4 is 5.32 Å². The van der Waals surface area contributed by atoms with Crippen molar-refractivity contribution in [2.75, 3.05) is 13.1 Å². The van der Waals surface area contributed by atoms with Crippen molar-refractivity contribution in [1.82, 2.24) is 15.2 Å². The molecule has 0 unspecified atom stereocenters.